The molecule has 0 aliphatic carbocycles. The summed E-state index contributed by atoms with van der Waals surface area (Å²) in [7, 11) is 0. The first-order valence-electron chi connectivity index (χ1n) is 4.96. The monoisotopic (exact) mass is 202 g/mol. The van der Waals surface area contributed by atoms with E-state index in [1.165, 1.54) is 0 Å². The predicted molar refractivity (Wildman–Crippen MR) is 59.5 cm³/mol. The summed E-state index contributed by atoms with van der Waals surface area (Å²) in [6, 6.07) is 9.28. The Morgan fingerprint density at radius 1 is 1.60 bits per heavy atom. The molecule has 0 aliphatic heterocycles. The van der Waals surface area contributed by atoms with E-state index in [4.69, 9.17) is 5.26 Å². The van der Waals surface area contributed by atoms with Crippen molar-refractivity contribution in [1.82, 2.24) is 0 Å². The highest BCUT2D eigenvalue weighted by molar-refractivity contribution is 5.76. The second-order valence-corrected chi connectivity index (χ2v) is 3.43. The van der Waals surface area contributed by atoms with Crippen molar-refractivity contribution in [3.05, 3.63) is 29.8 Å². The fraction of sp³-hybridized carbons (Fsp3) is 0.333. The van der Waals surface area contributed by atoms with Crippen LogP contribution in [0, 0.1) is 11.3 Å². The van der Waals surface area contributed by atoms with Gasteiger partial charge in [0, 0.05) is 11.7 Å². The average Bonchev–Trinajstić information content (AvgIpc) is 2.30. The Kier molecular flexibility index (Phi) is 3.87. The summed E-state index contributed by atoms with van der Waals surface area (Å²) in [5, 5.41) is 8.76. The van der Waals surface area contributed by atoms with Crippen LogP contribution in [0.2, 0.25) is 0 Å². The number of anilines is 1. The van der Waals surface area contributed by atoms with Crippen molar-refractivity contribution >= 4 is 12.1 Å². The van der Waals surface area contributed by atoms with Crippen LogP contribution in [0.5, 0.6) is 0 Å². The van der Waals surface area contributed by atoms with Crippen molar-refractivity contribution in [2.45, 2.75) is 26.3 Å². The smallest absolute Gasteiger partial charge is 0.214 e. The Morgan fingerprint density at radius 3 is 2.87 bits per heavy atom. The molecule has 1 aromatic carbocycles. The van der Waals surface area contributed by atoms with Gasteiger partial charge in [-0.3, -0.25) is 4.79 Å². The summed E-state index contributed by atoms with van der Waals surface area (Å²) in [5.74, 6) is 0. The molecule has 0 N–H and O–H groups in total. The van der Waals surface area contributed by atoms with Crippen molar-refractivity contribution in [1.29, 1.82) is 5.26 Å². The molecule has 3 nitrogen and oxygen atoms in total. The van der Waals surface area contributed by atoms with Gasteiger partial charge in [0.05, 0.1) is 11.6 Å². The Bertz CT molecular complexity index is 381. The van der Waals surface area contributed by atoms with Crippen LogP contribution in [0.25, 0.3) is 0 Å². The molecular formula is C12H14N2O. The molecule has 1 atom stereocenters. The zero-order chi connectivity index (χ0) is 11.3. The lowest BCUT2D eigenvalue weighted by Crippen LogP contribution is -2.30. The number of nitrogens with zero attached hydrogens (tertiary/aromatic N) is 2. The second kappa shape index (κ2) is 5.16. The molecule has 0 saturated heterocycles. The highest BCUT2D eigenvalue weighted by Gasteiger charge is 2.11. The molecule has 1 unspecified atom stereocenters. The van der Waals surface area contributed by atoms with Gasteiger partial charge in [-0.1, -0.05) is 13.0 Å². The molecule has 3 heteroatoms. The van der Waals surface area contributed by atoms with Gasteiger partial charge in [-0.25, -0.2) is 0 Å². The van der Waals surface area contributed by atoms with Gasteiger partial charge in [-0.2, -0.15) is 5.26 Å². The summed E-state index contributed by atoms with van der Waals surface area (Å²) in [4.78, 5) is 12.6. The van der Waals surface area contributed by atoms with Crippen LogP contribution in [0.3, 0.4) is 0 Å². The molecule has 15 heavy (non-hydrogen) atoms. The fourth-order valence-electron chi connectivity index (χ4n) is 1.35. The number of amides is 1. The van der Waals surface area contributed by atoms with E-state index in [0.29, 0.717) is 5.56 Å². The number of hydrogen-bond acceptors (Lipinski definition) is 2. The molecule has 78 valence electrons. The molecule has 1 rings (SSSR count). The highest BCUT2D eigenvalue weighted by atomic mass is 16.1. The van der Waals surface area contributed by atoms with Gasteiger partial charge in [0.2, 0.25) is 6.41 Å². The van der Waals surface area contributed by atoms with Crippen LogP contribution in [-0.2, 0) is 4.79 Å². The van der Waals surface area contributed by atoms with Crippen LogP contribution in [0.15, 0.2) is 24.3 Å². The zero-order valence-corrected chi connectivity index (χ0v) is 8.97. The van der Waals surface area contributed by atoms with Crippen LogP contribution in [0.1, 0.15) is 25.8 Å². The van der Waals surface area contributed by atoms with E-state index in [1.807, 2.05) is 19.9 Å². The lowest BCUT2D eigenvalue weighted by atomic mass is 10.1. The third-order valence-electron chi connectivity index (χ3n) is 2.45. The lowest BCUT2D eigenvalue weighted by molar-refractivity contribution is -0.107. The first kappa shape index (κ1) is 11.3. The second-order valence-electron chi connectivity index (χ2n) is 3.43. The molecule has 1 aromatic rings. The first-order chi connectivity index (χ1) is 7.22. The van der Waals surface area contributed by atoms with Crippen LogP contribution >= 0.6 is 0 Å². The minimum absolute atomic E-state index is 0.149. The fourth-order valence-corrected chi connectivity index (χ4v) is 1.35. The van der Waals surface area contributed by atoms with Gasteiger partial charge < -0.3 is 4.90 Å². The Balaban J connectivity index is 3.02. The summed E-state index contributed by atoms with van der Waals surface area (Å²) in [6.07, 6.45) is 1.69. The van der Waals surface area contributed by atoms with Gasteiger partial charge >= 0.3 is 0 Å². The minimum Gasteiger partial charge on any atom is -0.312 e. The van der Waals surface area contributed by atoms with Crippen molar-refractivity contribution in [3.63, 3.8) is 0 Å². The summed E-state index contributed by atoms with van der Waals surface area (Å²) >= 11 is 0. The number of benzene rings is 1. The largest absolute Gasteiger partial charge is 0.312 e. The summed E-state index contributed by atoms with van der Waals surface area (Å²) in [5.41, 5.74) is 1.35. The van der Waals surface area contributed by atoms with E-state index in [2.05, 4.69) is 6.07 Å². The van der Waals surface area contributed by atoms with Crippen molar-refractivity contribution in [3.8, 4) is 6.07 Å². The van der Waals surface area contributed by atoms with E-state index >= 15 is 0 Å². The van der Waals surface area contributed by atoms with E-state index in [0.717, 1.165) is 18.5 Å². The normalized spacial score (nSPS) is 11.5. The Hall–Kier alpha value is -1.82. The number of rotatable bonds is 4. The minimum atomic E-state index is 0.149. The molecule has 0 radical (unpaired) electrons. The molecular weight excluding hydrogens is 188 g/mol. The molecule has 1 amide bonds. The van der Waals surface area contributed by atoms with Crippen LogP contribution in [0.4, 0.5) is 5.69 Å². The standard InChI is InChI=1S/C12H14N2O/c1-3-10(2)14(9-15)12-6-4-5-11(7-12)8-13/h4-7,9-10H,3H2,1-2H3. The topological polar surface area (TPSA) is 44.1 Å². The number of hydrogen-bond donors (Lipinski definition) is 0. The van der Waals surface area contributed by atoms with Gasteiger partial charge in [-0.15, -0.1) is 0 Å². The van der Waals surface area contributed by atoms with Gasteiger partial charge in [0.15, 0.2) is 0 Å². The number of carbonyl (C=O) groups excluding carboxylic acids is 1. The summed E-state index contributed by atoms with van der Waals surface area (Å²) < 4.78 is 0. The van der Waals surface area contributed by atoms with Gasteiger partial charge in [0.25, 0.3) is 0 Å². The Morgan fingerprint density at radius 2 is 2.33 bits per heavy atom. The van der Waals surface area contributed by atoms with Crippen molar-refractivity contribution < 1.29 is 4.79 Å². The van der Waals surface area contributed by atoms with E-state index < -0.39 is 0 Å². The van der Waals surface area contributed by atoms with Crippen molar-refractivity contribution in [2.75, 3.05) is 4.90 Å². The SMILES string of the molecule is CCC(C)N(C=O)c1cccc(C#N)c1. The zero-order valence-electron chi connectivity index (χ0n) is 8.97. The molecule has 0 bridgehead atoms. The maximum Gasteiger partial charge on any atom is 0.214 e. The first-order valence-corrected chi connectivity index (χ1v) is 4.96. The maximum absolute atomic E-state index is 10.9. The average molecular weight is 202 g/mol. The van der Waals surface area contributed by atoms with E-state index in [9.17, 15) is 4.79 Å². The Labute approximate surface area is 89.9 Å². The quantitative estimate of drug-likeness (QED) is 0.703. The van der Waals surface area contributed by atoms with Gasteiger partial charge in [-0.05, 0) is 31.5 Å². The van der Waals surface area contributed by atoms with E-state index in [-0.39, 0.29) is 6.04 Å². The molecule has 0 saturated carbocycles. The third kappa shape index (κ3) is 2.57. The maximum atomic E-state index is 10.9. The number of nitriles is 1. The highest BCUT2D eigenvalue weighted by Crippen LogP contribution is 2.18. The molecule has 0 aromatic heterocycles. The van der Waals surface area contributed by atoms with Gasteiger partial charge in [0.1, 0.15) is 0 Å². The van der Waals surface area contributed by atoms with E-state index in [1.54, 1.807) is 23.1 Å². The molecule has 0 fully saturated rings. The molecule has 0 heterocycles. The van der Waals surface area contributed by atoms with Crippen LogP contribution in [-0.4, -0.2) is 12.5 Å². The molecule has 0 aliphatic rings. The number of carbonyl (C=O) groups is 1. The molecule has 0 spiro atoms. The lowest BCUT2D eigenvalue weighted by Gasteiger charge is -2.24. The van der Waals surface area contributed by atoms with Crippen LogP contribution < -0.4 is 4.90 Å². The predicted octanol–water partition coefficient (Wildman–Crippen LogP) is 2.32. The third-order valence-corrected chi connectivity index (χ3v) is 2.45. The summed E-state index contributed by atoms with van der Waals surface area (Å²) in [6.45, 7) is 4.00. The van der Waals surface area contributed by atoms with Crippen molar-refractivity contribution in [2.24, 2.45) is 0 Å².